The van der Waals surface area contributed by atoms with Crippen molar-refractivity contribution in [3.05, 3.63) is 5.82 Å². The zero-order valence-corrected chi connectivity index (χ0v) is 14.2. The summed E-state index contributed by atoms with van der Waals surface area (Å²) in [7, 11) is 0. The molecule has 9 nitrogen and oxygen atoms in total. The topological polar surface area (TPSA) is 94.8 Å². The standard InChI is InChI=1S/C15H24N6O3/c1-11(13(22)20-5-3-4-6-20)19-7-9-21(10-8-19)15(23)17-14-16-12(2)18-24-14/h11H,3-10H2,1-2H3,(H,16,17,18,23). The number of carbonyl (C=O) groups is 2. The van der Waals surface area contributed by atoms with Crippen LogP contribution in [0, 0.1) is 6.92 Å². The summed E-state index contributed by atoms with van der Waals surface area (Å²) < 4.78 is 4.89. The van der Waals surface area contributed by atoms with Gasteiger partial charge in [0.25, 0.3) is 0 Å². The zero-order valence-electron chi connectivity index (χ0n) is 14.2. The molecule has 3 amide bonds. The Morgan fingerprint density at radius 3 is 2.33 bits per heavy atom. The van der Waals surface area contributed by atoms with Crippen molar-refractivity contribution in [1.82, 2.24) is 24.8 Å². The minimum absolute atomic E-state index is 0.109. The summed E-state index contributed by atoms with van der Waals surface area (Å²) in [5, 5.41) is 6.23. The van der Waals surface area contributed by atoms with Gasteiger partial charge in [-0.05, 0) is 26.7 Å². The summed E-state index contributed by atoms with van der Waals surface area (Å²) in [5.74, 6) is 0.677. The van der Waals surface area contributed by atoms with Gasteiger partial charge >= 0.3 is 12.0 Å². The fourth-order valence-electron chi connectivity index (χ4n) is 3.19. The fourth-order valence-corrected chi connectivity index (χ4v) is 3.19. The molecule has 1 N–H and O–H groups in total. The number of aromatic nitrogens is 2. The maximum Gasteiger partial charge on any atom is 0.329 e. The van der Waals surface area contributed by atoms with E-state index in [9.17, 15) is 9.59 Å². The van der Waals surface area contributed by atoms with Crippen LogP contribution in [-0.4, -0.2) is 82.1 Å². The van der Waals surface area contributed by atoms with Gasteiger partial charge in [-0.15, -0.1) is 0 Å². The molecule has 1 aromatic heterocycles. The minimum atomic E-state index is -0.253. The fraction of sp³-hybridized carbons (Fsp3) is 0.733. The van der Waals surface area contributed by atoms with Gasteiger partial charge in [-0.25, -0.2) is 4.79 Å². The molecule has 0 radical (unpaired) electrons. The Balaban J connectivity index is 1.48. The zero-order chi connectivity index (χ0) is 17.1. The van der Waals surface area contributed by atoms with Gasteiger partial charge < -0.3 is 14.3 Å². The molecule has 24 heavy (non-hydrogen) atoms. The van der Waals surface area contributed by atoms with E-state index in [1.807, 2.05) is 11.8 Å². The van der Waals surface area contributed by atoms with Gasteiger partial charge in [0, 0.05) is 39.3 Å². The van der Waals surface area contributed by atoms with Gasteiger partial charge in [-0.1, -0.05) is 5.16 Å². The molecule has 2 saturated heterocycles. The number of piperazine rings is 1. The monoisotopic (exact) mass is 336 g/mol. The third-order valence-corrected chi connectivity index (χ3v) is 4.67. The van der Waals surface area contributed by atoms with E-state index in [0.29, 0.717) is 32.0 Å². The number of rotatable bonds is 3. The van der Waals surface area contributed by atoms with Crippen LogP contribution in [0.2, 0.25) is 0 Å². The van der Waals surface area contributed by atoms with Crippen molar-refractivity contribution < 1.29 is 14.1 Å². The molecular weight excluding hydrogens is 312 g/mol. The molecule has 132 valence electrons. The molecule has 0 bridgehead atoms. The van der Waals surface area contributed by atoms with E-state index in [-0.39, 0.29) is 24.0 Å². The van der Waals surface area contributed by atoms with Crippen LogP contribution in [0.1, 0.15) is 25.6 Å². The number of nitrogens with zero attached hydrogens (tertiary/aromatic N) is 5. The Bertz CT molecular complexity index is 590. The van der Waals surface area contributed by atoms with E-state index in [1.165, 1.54) is 0 Å². The smallest absolute Gasteiger partial charge is 0.329 e. The van der Waals surface area contributed by atoms with E-state index in [0.717, 1.165) is 25.9 Å². The second-order valence-electron chi connectivity index (χ2n) is 6.31. The molecule has 2 fully saturated rings. The van der Waals surface area contributed by atoms with Gasteiger partial charge in [0.1, 0.15) is 0 Å². The average molecular weight is 336 g/mol. The second-order valence-corrected chi connectivity index (χ2v) is 6.31. The lowest BCUT2D eigenvalue weighted by Gasteiger charge is -2.38. The predicted octanol–water partition coefficient (Wildman–Crippen LogP) is 0.538. The quantitative estimate of drug-likeness (QED) is 0.866. The molecule has 0 saturated carbocycles. The van der Waals surface area contributed by atoms with E-state index >= 15 is 0 Å². The molecule has 2 aliphatic heterocycles. The van der Waals surface area contributed by atoms with Crippen LogP contribution in [0.3, 0.4) is 0 Å². The Hall–Kier alpha value is -2.16. The van der Waals surface area contributed by atoms with E-state index in [2.05, 4.69) is 20.4 Å². The van der Waals surface area contributed by atoms with Gasteiger partial charge in [0.15, 0.2) is 5.82 Å². The number of aryl methyl sites for hydroxylation is 1. The van der Waals surface area contributed by atoms with Crippen molar-refractivity contribution >= 4 is 18.0 Å². The molecule has 9 heteroatoms. The first-order valence-electron chi connectivity index (χ1n) is 8.43. The molecule has 1 atom stereocenters. The first-order valence-corrected chi connectivity index (χ1v) is 8.43. The molecule has 0 aromatic carbocycles. The van der Waals surface area contributed by atoms with E-state index in [1.54, 1.807) is 11.8 Å². The first kappa shape index (κ1) is 16.7. The Morgan fingerprint density at radius 1 is 1.08 bits per heavy atom. The second kappa shape index (κ2) is 7.16. The first-order chi connectivity index (χ1) is 11.5. The molecule has 1 aromatic rings. The Labute approximate surface area is 141 Å². The summed E-state index contributed by atoms with van der Waals surface area (Å²) in [6, 6.07) is -0.277. The van der Waals surface area contributed by atoms with Crippen LogP contribution < -0.4 is 5.32 Å². The van der Waals surface area contributed by atoms with Gasteiger partial charge in [0.05, 0.1) is 6.04 Å². The van der Waals surface area contributed by atoms with Crippen LogP contribution in [0.5, 0.6) is 0 Å². The van der Waals surface area contributed by atoms with E-state index in [4.69, 9.17) is 4.52 Å². The number of anilines is 1. The predicted molar refractivity (Wildman–Crippen MR) is 86.5 cm³/mol. The number of hydrogen-bond donors (Lipinski definition) is 1. The van der Waals surface area contributed by atoms with Crippen LogP contribution >= 0.6 is 0 Å². The van der Waals surface area contributed by atoms with Crippen molar-refractivity contribution in [2.45, 2.75) is 32.7 Å². The van der Waals surface area contributed by atoms with Crippen molar-refractivity contribution in [3.63, 3.8) is 0 Å². The van der Waals surface area contributed by atoms with E-state index < -0.39 is 0 Å². The van der Waals surface area contributed by atoms with Crippen molar-refractivity contribution in [2.75, 3.05) is 44.6 Å². The summed E-state index contributed by atoms with van der Waals surface area (Å²) in [6.45, 7) is 7.87. The molecule has 3 heterocycles. The summed E-state index contributed by atoms with van der Waals surface area (Å²) in [4.78, 5) is 34.4. The number of likely N-dealkylation sites (tertiary alicyclic amines) is 1. The number of hydrogen-bond acceptors (Lipinski definition) is 6. The molecular formula is C15H24N6O3. The van der Waals surface area contributed by atoms with Crippen molar-refractivity contribution in [3.8, 4) is 0 Å². The van der Waals surface area contributed by atoms with Gasteiger partial charge in [-0.3, -0.25) is 15.0 Å². The summed E-state index contributed by atoms with van der Waals surface area (Å²) >= 11 is 0. The Kier molecular flexibility index (Phi) is 4.98. The summed E-state index contributed by atoms with van der Waals surface area (Å²) in [6.07, 6.45) is 2.20. The molecule has 0 aliphatic carbocycles. The molecule has 0 spiro atoms. The maximum absolute atomic E-state index is 12.5. The molecule has 2 aliphatic rings. The summed E-state index contributed by atoms with van der Waals surface area (Å²) in [5.41, 5.74) is 0. The van der Waals surface area contributed by atoms with Crippen molar-refractivity contribution in [1.29, 1.82) is 0 Å². The number of amides is 3. The lowest BCUT2D eigenvalue weighted by atomic mass is 10.2. The van der Waals surface area contributed by atoms with Gasteiger partial charge in [0.2, 0.25) is 5.91 Å². The highest BCUT2D eigenvalue weighted by atomic mass is 16.5. The lowest BCUT2D eigenvalue weighted by Crippen LogP contribution is -2.55. The average Bonchev–Trinajstić information content (AvgIpc) is 3.25. The third-order valence-electron chi connectivity index (χ3n) is 4.67. The third kappa shape index (κ3) is 3.66. The van der Waals surface area contributed by atoms with Crippen LogP contribution in [0.25, 0.3) is 0 Å². The Morgan fingerprint density at radius 2 is 1.75 bits per heavy atom. The van der Waals surface area contributed by atoms with Crippen molar-refractivity contribution in [2.24, 2.45) is 0 Å². The molecule has 1 unspecified atom stereocenters. The SMILES string of the molecule is Cc1noc(NC(=O)N2CCN(C(C)C(=O)N3CCCC3)CC2)n1. The number of carbonyl (C=O) groups excluding carboxylic acids is 2. The normalized spacial score (nSPS) is 20.2. The maximum atomic E-state index is 12.5. The van der Waals surface area contributed by atoms with Crippen LogP contribution in [-0.2, 0) is 4.79 Å². The number of nitrogens with one attached hydrogen (secondary N) is 1. The lowest BCUT2D eigenvalue weighted by molar-refractivity contribution is -0.135. The van der Waals surface area contributed by atoms with Gasteiger partial charge in [-0.2, -0.15) is 4.98 Å². The minimum Gasteiger partial charge on any atom is -0.341 e. The molecule has 3 rings (SSSR count). The highest BCUT2D eigenvalue weighted by Crippen LogP contribution is 2.14. The highest BCUT2D eigenvalue weighted by Gasteiger charge is 2.31. The number of urea groups is 1. The highest BCUT2D eigenvalue weighted by molar-refractivity contribution is 5.87. The van der Waals surface area contributed by atoms with Crippen LogP contribution in [0.4, 0.5) is 10.8 Å². The van der Waals surface area contributed by atoms with Crippen LogP contribution in [0.15, 0.2) is 4.52 Å². The largest absolute Gasteiger partial charge is 0.341 e.